The number of rotatable bonds is 6. The first-order valence-corrected chi connectivity index (χ1v) is 10.2. The average molecular weight is 398 g/mol. The fourth-order valence-electron chi connectivity index (χ4n) is 4.27. The van der Waals surface area contributed by atoms with Crippen LogP contribution in [0, 0.1) is 0 Å². The molecule has 4 rings (SSSR count). The number of benzene rings is 1. The van der Waals surface area contributed by atoms with Crippen LogP contribution in [0.15, 0.2) is 24.3 Å². The van der Waals surface area contributed by atoms with E-state index in [4.69, 9.17) is 0 Å². The molecule has 1 aliphatic heterocycles. The van der Waals surface area contributed by atoms with Crippen molar-refractivity contribution in [2.24, 2.45) is 0 Å². The lowest BCUT2D eigenvalue weighted by Crippen LogP contribution is -2.46. The lowest BCUT2D eigenvalue weighted by Gasteiger charge is -2.25. The van der Waals surface area contributed by atoms with Gasteiger partial charge in [-0.25, -0.2) is 4.79 Å². The highest BCUT2D eigenvalue weighted by Gasteiger charge is 2.53. The normalized spacial score (nSPS) is 20.1. The van der Waals surface area contributed by atoms with Crippen molar-refractivity contribution in [1.29, 1.82) is 0 Å². The van der Waals surface area contributed by atoms with Crippen LogP contribution in [0.2, 0.25) is 0 Å². The van der Waals surface area contributed by atoms with Gasteiger partial charge in [-0.2, -0.15) is 0 Å². The molecule has 3 aliphatic rings. The number of urea groups is 1. The SMILES string of the molecule is CNC(=O)c1ccc(CN(C(=O)CN2C(=O)NC3(CCCC3)C2=O)C2CC2)cc1. The van der Waals surface area contributed by atoms with Crippen molar-refractivity contribution in [2.45, 2.75) is 56.7 Å². The van der Waals surface area contributed by atoms with Crippen molar-refractivity contribution in [1.82, 2.24) is 20.4 Å². The Kier molecular flexibility index (Phi) is 5.02. The number of hydrogen-bond acceptors (Lipinski definition) is 4. The highest BCUT2D eigenvalue weighted by Crippen LogP contribution is 2.35. The van der Waals surface area contributed by atoms with Crippen molar-refractivity contribution in [3.8, 4) is 0 Å². The fourth-order valence-corrected chi connectivity index (χ4v) is 4.27. The van der Waals surface area contributed by atoms with Crippen LogP contribution in [0.3, 0.4) is 0 Å². The van der Waals surface area contributed by atoms with E-state index in [1.54, 1.807) is 24.1 Å². The molecule has 1 saturated heterocycles. The first-order valence-electron chi connectivity index (χ1n) is 10.2. The second-order valence-corrected chi connectivity index (χ2v) is 8.14. The topological polar surface area (TPSA) is 98.8 Å². The predicted octanol–water partition coefficient (Wildman–Crippen LogP) is 1.40. The van der Waals surface area contributed by atoms with Crippen LogP contribution in [-0.4, -0.2) is 58.7 Å². The Bertz CT molecular complexity index is 841. The number of amides is 5. The Balaban J connectivity index is 1.44. The molecule has 1 aromatic carbocycles. The summed E-state index contributed by atoms with van der Waals surface area (Å²) in [6, 6.07) is 6.79. The Morgan fingerprint density at radius 3 is 2.41 bits per heavy atom. The second kappa shape index (κ2) is 7.50. The summed E-state index contributed by atoms with van der Waals surface area (Å²) in [5.41, 5.74) is 0.668. The molecule has 5 amide bonds. The van der Waals surface area contributed by atoms with E-state index in [0.29, 0.717) is 24.9 Å². The van der Waals surface area contributed by atoms with E-state index in [1.165, 1.54) is 0 Å². The molecular weight excluding hydrogens is 372 g/mol. The molecule has 0 unspecified atom stereocenters. The van der Waals surface area contributed by atoms with Crippen LogP contribution in [0.5, 0.6) is 0 Å². The minimum absolute atomic E-state index is 0.141. The highest BCUT2D eigenvalue weighted by atomic mass is 16.2. The largest absolute Gasteiger partial charge is 0.355 e. The van der Waals surface area contributed by atoms with E-state index in [-0.39, 0.29) is 30.3 Å². The zero-order chi connectivity index (χ0) is 20.6. The van der Waals surface area contributed by atoms with E-state index in [1.807, 2.05) is 12.1 Å². The summed E-state index contributed by atoms with van der Waals surface area (Å²) in [4.78, 5) is 52.7. The molecule has 8 nitrogen and oxygen atoms in total. The number of nitrogens with one attached hydrogen (secondary N) is 2. The summed E-state index contributed by atoms with van der Waals surface area (Å²) in [5.74, 6) is -0.647. The molecule has 1 spiro atoms. The van der Waals surface area contributed by atoms with E-state index in [0.717, 1.165) is 36.1 Å². The van der Waals surface area contributed by atoms with Crippen LogP contribution < -0.4 is 10.6 Å². The fraction of sp³-hybridized carbons (Fsp3) is 0.524. The minimum atomic E-state index is -0.794. The van der Waals surface area contributed by atoms with Crippen molar-refractivity contribution in [3.63, 3.8) is 0 Å². The van der Waals surface area contributed by atoms with Gasteiger partial charge in [0.05, 0.1) is 0 Å². The lowest BCUT2D eigenvalue weighted by atomic mass is 9.98. The quantitative estimate of drug-likeness (QED) is 0.708. The average Bonchev–Trinajstić information content (AvgIpc) is 3.41. The molecule has 8 heteroatoms. The monoisotopic (exact) mass is 398 g/mol. The van der Waals surface area contributed by atoms with Gasteiger partial charge in [0, 0.05) is 25.2 Å². The molecule has 2 saturated carbocycles. The maximum absolute atomic E-state index is 13.0. The van der Waals surface area contributed by atoms with Crippen LogP contribution in [0.1, 0.15) is 54.4 Å². The molecule has 3 fully saturated rings. The number of hydrogen-bond donors (Lipinski definition) is 2. The third-order valence-electron chi connectivity index (χ3n) is 6.10. The zero-order valence-electron chi connectivity index (χ0n) is 16.6. The molecule has 2 N–H and O–H groups in total. The minimum Gasteiger partial charge on any atom is -0.355 e. The van der Waals surface area contributed by atoms with Crippen molar-refractivity contribution in [3.05, 3.63) is 35.4 Å². The third kappa shape index (κ3) is 3.71. The summed E-state index contributed by atoms with van der Waals surface area (Å²) in [6.07, 6.45) is 4.96. The van der Waals surface area contributed by atoms with Crippen LogP contribution in [0.4, 0.5) is 4.79 Å². The Morgan fingerprint density at radius 2 is 1.83 bits per heavy atom. The molecule has 2 aliphatic carbocycles. The summed E-state index contributed by atoms with van der Waals surface area (Å²) in [6.45, 7) is 0.172. The third-order valence-corrected chi connectivity index (χ3v) is 6.10. The van der Waals surface area contributed by atoms with Gasteiger partial charge in [0.2, 0.25) is 5.91 Å². The molecule has 0 aromatic heterocycles. The number of carbonyl (C=O) groups excluding carboxylic acids is 4. The molecule has 0 bridgehead atoms. The summed E-state index contributed by atoms with van der Waals surface area (Å²) in [5, 5.41) is 5.40. The molecule has 1 heterocycles. The van der Waals surface area contributed by atoms with Gasteiger partial charge in [0.25, 0.3) is 11.8 Å². The molecule has 0 atom stereocenters. The van der Waals surface area contributed by atoms with Gasteiger partial charge in [0.1, 0.15) is 12.1 Å². The predicted molar refractivity (Wildman–Crippen MR) is 105 cm³/mol. The summed E-state index contributed by atoms with van der Waals surface area (Å²) < 4.78 is 0. The molecule has 29 heavy (non-hydrogen) atoms. The first-order chi connectivity index (χ1) is 13.9. The van der Waals surface area contributed by atoms with Crippen LogP contribution >= 0.6 is 0 Å². The Labute approximate surface area is 169 Å². The van der Waals surface area contributed by atoms with Gasteiger partial charge in [-0.15, -0.1) is 0 Å². The van der Waals surface area contributed by atoms with Gasteiger partial charge in [-0.3, -0.25) is 19.3 Å². The number of nitrogens with zero attached hydrogens (tertiary/aromatic N) is 2. The number of imide groups is 1. The van der Waals surface area contributed by atoms with Crippen molar-refractivity contribution < 1.29 is 19.2 Å². The van der Waals surface area contributed by atoms with Crippen molar-refractivity contribution in [2.75, 3.05) is 13.6 Å². The molecule has 0 radical (unpaired) electrons. The first kappa shape index (κ1) is 19.4. The van der Waals surface area contributed by atoms with E-state index in [2.05, 4.69) is 10.6 Å². The van der Waals surface area contributed by atoms with Gasteiger partial charge in [-0.05, 0) is 43.4 Å². The lowest BCUT2D eigenvalue weighted by molar-refractivity contribution is -0.139. The molecular formula is C21H26N4O4. The van der Waals surface area contributed by atoms with Crippen LogP contribution in [0.25, 0.3) is 0 Å². The summed E-state index contributed by atoms with van der Waals surface area (Å²) >= 11 is 0. The highest BCUT2D eigenvalue weighted by molar-refractivity contribution is 6.09. The van der Waals surface area contributed by atoms with Gasteiger partial charge < -0.3 is 15.5 Å². The maximum Gasteiger partial charge on any atom is 0.325 e. The van der Waals surface area contributed by atoms with E-state index < -0.39 is 11.6 Å². The van der Waals surface area contributed by atoms with Gasteiger partial charge in [-0.1, -0.05) is 25.0 Å². The van der Waals surface area contributed by atoms with Crippen LogP contribution in [-0.2, 0) is 16.1 Å². The van der Waals surface area contributed by atoms with Gasteiger partial charge >= 0.3 is 6.03 Å². The molecule has 1 aromatic rings. The number of carbonyl (C=O) groups is 4. The zero-order valence-corrected chi connectivity index (χ0v) is 16.6. The Hall–Kier alpha value is -2.90. The molecule has 154 valence electrons. The smallest absolute Gasteiger partial charge is 0.325 e. The van der Waals surface area contributed by atoms with E-state index >= 15 is 0 Å². The standard InChI is InChI=1S/C21H26N4O4/c1-22-18(27)15-6-4-14(5-7-15)12-24(16-8-9-16)17(26)13-25-19(28)21(23-20(25)29)10-2-3-11-21/h4-7,16H,2-3,8-13H2,1H3,(H,22,27)(H,23,29). The Morgan fingerprint density at radius 1 is 1.17 bits per heavy atom. The summed E-state index contributed by atoms with van der Waals surface area (Å²) in [7, 11) is 1.58. The maximum atomic E-state index is 13.0. The second-order valence-electron chi connectivity index (χ2n) is 8.14. The van der Waals surface area contributed by atoms with E-state index in [9.17, 15) is 19.2 Å². The van der Waals surface area contributed by atoms with Crippen molar-refractivity contribution >= 4 is 23.8 Å². The van der Waals surface area contributed by atoms with Gasteiger partial charge in [0.15, 0.2) is 0 Å².